The first-order valence-corrected chi connectivity index (χ1v) is 6.02. The normalized spacial score (nSPS) is 26.7. The Morgan fingerprint density at radius 2 is 2.00 bits per heavy atom. The molecule has 1 saturated carbocycles. The molecule has 1 aromatic rings. The zero-order chi connectivity index (χ0) is 10.8. The SMILES string of the molecule is CCC1CCC(n2c(=O)[nH][nH]c2=S)CC1. The second kappa shape index (κ2) is 4.35. The Bertz CT molecular complexity index is 395. The predicted molar refractivity (Wildman–Crippen MR) is 61.5 cm³/mol. The van der Waals surface area contributed by atoms with Crippen molar-refractivity contribution < 1.29 is 0 Å². The highest BCUT2D eigenvalue weighted by atomic mass is 32.1. The molecule has 0 amide bonds. The van der Waals surface area contributed by atoms with Crippen LogP contribution in [0, 0.1) is 10.7 Å². The van der Waals surface area contributed by atoms with Gasteiger partial charge in [-0.1, -0.05) is 13.3 Å². The molecule has 1 fully saturated rings. The van der Waals surface area contributed by atoms with E-state index in [1.165, 1.54) is 19.3 Å². The monoisotopic (exact) mass is 227 g/mol. The smallest absolute Gasteiger partial charge is 0.272 e. The van der Waals surface area contributed by atoms with Crippen molar-refractivity contribution >= 4 is 12.2 Å². The van der Waals surface area contributed by atoms with Gasteiger partial charge in [-0.2, -0.15) is 0 Å². The Hall–Kier alpha value is -0.840. The molecule has 84 valence electrons. The van der Waals surface area contributed by atoms with E-state index in [1.807, 2.05) is 0 Å². The molecule has 0 bridgehead atoms. The molecule has 0 aromatic carbocycles. The lowest BCUT2D eigenvalue weighted by Crippen LogP contribution is -2.26. The molecule has 1 aromatic heterocycles. The third-order valence-corrected chi connectivity index (χ3v) is 3.77. The van der Waals surface area contributed by atoms with Gasteiger partial charge in [0.1, 0.15) is 0 Å². The summed E-state index contributed by atoms with van der Waals surface area (Å²) >= 11 is 5.09. The van der Waals surface area contributed by atoms with Crippen LogP contribution in [0.4, 0.5) is 0 Å². The van der Waals surface area contributed by atoms with Crippen molar-refractivity contribution in [3.63, 3.8) is 0 Å². The van der Waals surface area contributed by atoms with E-state index in [9.17, 15) is 4.79 Å². The van der Waals surface area contributed by atoms with Crippen LogP contribution in [0.3, 0.4) is 0 Å². The second-order valence-corrected chi connectivity index (χ2v) is 4.70. The predicted octanol–water partition coefficient (Wildman–Crippen LogP) is 2.38. The first-order chi connectivity index (χ1) is 7.22. The fourth-order valence-electron chi connectivity index (χ4n) is 2.46. The summed E-state index contributed by atoms with van der Waals surface area (Å²) in [6.07, 6.45) is 5.84. The average Bonchev–Trinajstić information content (AvgIpc) is 2.59. The van der Waals surface area contributed by atoms with Gasteiger partial charge in [-0.05, 0) is 43.8 Å². The molecule has 0 saturated heterocycles. The molecule has 0 atom stereocenters. The minimum Gasteiger partial charge on any atom is -0.272 e. The first kappa shape index (κ1) is 10.7. The summed E-state index contributed by atoms with van der Waals surface area (Å²) in [6, 6.07) is 0.301. The molecule has 4 nitrogen and oxygen atoms in total. The van der Waals surface area contributed by atoms with Gasteiger partial charge in [0, 0.05) is 6.04 Å². The lowest BCUT2D eigenvalue weighted by atomic mass is 9.84. The molecule has 2 N–H and O–H groups in total. The Kier molecular flexibility index (Phi) is 3.09. The van der Waals surface area contributed by atoms with E-state index in [-0.39, 0.29) is 5.69 Å². The van der Waals surface area contributed by atoms with Crippen LogP contribution >= 0.6 is 12.2 Å². The van der Waals surface area contributed by atoms with Gasteiger partial charge in [-0.15, -0.1) is 0 Å². The van der Waals surface area contributed by atoms with Crippen LogP contribution < -0.4 is 5.69 Å². The summed E-state index contributed by atoms with van der Waals surface area (Å²) < 4.78 is 2.22. The fraction of sp³-hybridized carbons (Fsp3) is 0.800. The number of nitrogens with one attached hydrogen (secondary N) is 2. The number of aromatic amines is 2. The first-order valence-electron chi connectivity index (χ1n) is 5.61. The highest BCUT2D eigenvalue weighted by Gasteiger charge is 2.22. The van der Waals surface area contributed by atoms with E-state index < -0.39 is 0 Å². The van der Waals surface area contributed by atoms with E-state index in [4.69, 9.17) is 12.2 Å². The maximum absolute atomic E-state index is 11.5. The highest BCUT2D eigenvalue weighted by Crippen LogP contribution is 2.32. The molecule has 1 heterocycles. The number of nitrogens with zero attached hydrogens (tertiary/aromatic N) is 1. The van der Waals surface area contributed by atoms with Gasteiger partial charge in [0.15, 0.2) is 4.77 Å². The number of hydrogen-bond donors (Lipinski definition) is 2. The maximum Gasteiger partial charge on any atom is 0.342 e. The topological polar surface area (TPSA) is 53.6 Å². The number of H-pyrrole nitrogens is 2. The molecule has 0 unspecified atom stereocenters. The average molecular weight is 227 g/mol. The largest absolute Gasteiger partial charge is 0.342 e. The van der Waals surface area contributed by atoms with Gasteiger partial charge in [-0.25, -0.2) is 9.89 Å². The Morgan fingerprint density at radius 1 is 1.33 bits per heavy atom. The van der Waals surface area contributed by atoms with Gasteiger partial charge in [0.05, 0.1) is 0 Å². The van der Waals surface area contributed by atoms with Crippen molar-refractivity contribution in [2.24, 2.45) is 5.92 Å². The van der Waals surface area contributed by atoms with Crippen molar-refractivity contribution in [1.29, 1.82) is 0 Å². The molecule has 1 aliphatic rings. The second-order valence-electron chi connectivity index (χ2n) is 4.31. The molecular weight excluding hydrogens is 210 g/mol. The lowest BCUT2D eigenvalue weighted by molar-refractivity contribution is 0.264. The van der Waals surface area contributed by atoms with Gasteiger partial charge in [0.25, 0.3) is 0 Å². The summed E-state index contributed by atoms with van der Waals surface area (Å²) in [5.74, 6) is 0.841. The third kappa shape index (κ3) is 2.07. The van der Waals surface area contributed by atoms with Crippen LogP contribution in [-0.2, 0) is 0 Å². The quantitative estimate of drug-likeness (QED) is 0.762. The van der Waals surface area contributed by atoms with Crippen LogP contribution in [0.25, 0.3) is 0 Å². The van der Waals surface area contributed by atoms with Crippen molar-refractivity contribution in [2.75, 3.05) is 0 Å². The zero-order valence-electron chi connectivity index (χ0n) is 8.95. The van der Waals surface area contributed by atoms with Crippen molar-refractivity contribution in [1.82, 2.24) is 14.8 Å². The van der Waals surface area contributed by atoms with Gasteiger partial charge < -0.3 is 0 Å². The van der Waals surface area contributed by atoms with Crippen molar-refractivity contribution in [2.45, 2.75) is 45.1 Å². The number of aromatic nitrogens is 3. The van der Waals surface area contributed by atoms with Gasteiger partial charge in [0.2, 0.25) is 0 Å². The van der Waals surface area contributed by atoms with E-state index >= 15 is 0 Å². The maximum atomic E-state index is 11.5. The van der Waals surface area contributed by atoms with Gasteiger partial charge in [-0.3, -0.25) is 9.67 Å². The molecule has 5 heteroatoms. The molecule has 0 radical (unpaired) electrons. The minimum absolute atomic E-state index is 0.0973. The van der Waals surface area contributed by atoms with Gasteiger partial charge >= 0.3 is 5.69 Å². The summed E-state index contributed by atoms with van der Waals surface area (Å²) in [5.41, 5.74) is -0.0973. The van der Waals surface area contributed by atoms with Crippen LogP contribution in [-0.4, -0.2) is 14.8 Å². The minimum atomic E-state index is -0.0973. The molecule has 0 spiro atoms. The highest BCUT2D eigenvalue weighted by molar-refractivity contribution is 7.71. The van der Waals surface area contributed by atoms with Crippen molar-refractivity contribution in [3.05, 3.63) is 15.3 Å². The van der Waals surface area contributed by atoms with E-state index in [0.717, 1.165) is 18.8 Å². The Labute approximate surface area is 93.7 Å². The molecule has 15 heavy (non-hydrogen) atoms. The Balaban J connectivity index is 2.14. The third-order valence-electron chi connectivity index (χ3n) is 3.47. The molecule has 1 aliphatic carbocycles. The van der Waals surface area contributed by atoms with Crippen LogP contribution in [0.5, 0.6) is 0 Å². The van der Waals surface area contributed by atoms with Crippen LogP contribution in [0.15, 0.2) is 4.79 Å². The Morgan fingerprint density at radius 3 is 2.47 bits per heavy atom. The summed E-state index contributed by atoms with van der Waals surface area (Å²) in [5, 5.41) is 5.24. The van der Waals surface area contributed by atoms with E-state index in [1.54, 1.807) is 4.57 Å². The fourth-order valence-corrected chi connectivity index (χ4v) is 2.75. The van der Waals surface area contributed by atoms with E-state index in [0.29, 0.717) is 10.8 Å². The summed E-state index contributed by atoms with van der Waals surface area (Å²) in [4.78, 5) is 11.5. The molecular formula is C10H17N3OS. The lowest BCUT2D eigenvalue weighted by Gasteiger charge is -2.27. The zero-order valence-corrected chi connectivity index (χ0v) is 9.77. The standard InChI is InChI=1S/C10H17N3OS/c1-2-7-3-5-8(6-4-7)13-9(14)11-12-10(13)15/h7-8H,2-6H2,1H3,(H,11,14)(H,12,15). The van der Waals surface area contributed by atoms with Crippen molar-refractivity contribution in [3.8, 4) is 0 Å². The number of rotatable bonds is 2. The summed E-state index contributed by atoms with van der Waals surface area (Å²) in [6.45, 7) is 2.24. The van der Waals surface area contributed by atoms with Crippen LogP contribution in [0.1, 0.15) is 45.1 Å². The number of hydrogen-bond acceptors (Lipinski definition) is 2. The molecule has 0 aliphatic heterocycles. The molecule has 2 rings (SSSR count). The summed E-state index contributed by atoms with van der Waals surface area (Å²) in [7, 11) is 0. The van der Waals surface area contributed by atoms with Crippen LogP contribution in [0.2, 0.25) is 0 Å². The van der Waals surface area contributed by atoms with E-state index in [2.05, 4.69) is 17.1 Å².